The zero-order valence-corrected chi connectivity index (χ0v) is 21.5. The summed E-state index contributed by atoms with van der Waals surface area (Å²) in [7, 11) is 0. The van der Waals surface area contributed by atoms with Crippen LogP contribution in [0.15, 0.2) is 120 Å². The molecule has 0 bridgehead atoms. The van der Waals surface area contributed by atoms with Crippen LogP contribution in [0.25, 0.3) is 10.9 Å². The van der Waals surface area contributed by atoms with Gasteiger partial charge in [0.15, 0.2) is 0 Å². The largest absolute Gasteiger partial charge is 0.591 e. The summed E-state index contributed by atoms with van der Waals surface area (Å²) in [5.41, 5.74) is 4.48. The number of aromatic nitrogens is 2. The highest BCUT2D eigenvalue weighted by Gasteiger charge is 2.40. The monoisotopic (exact) mass is 491 g/mol. The highest BCUT2D eigenvalue weighted by Crippen LogP contribution is 2.42. The van der Waals surface area contributed by atoms with E-state index in [1.54, 1.807) is 6.21 Å². The molecule has 5 heteroatoms. The van der Waals surface area contributed by atoms with E-state index in [0.717, 1.165) is 33.2 Å². The molecule has 1 unspecified atom stereocenters. The summed E-state index contributed by atoms with van der Waals surface area (Å²) in [4.78, 5) is 0. The molecule has 4 aromatic carbocycles. The molecule has 0 N–H and O–H groups in total. The van der Waals surface area contributed by atoms with Crippen molar-refractivity contribution in [2.24, 2.45) is 4.40 Å². The van der Waals surface area contributed by atoms with Gasteiger partial charge in [0.25, 0.3) is 0 Å². The van der Waals surface area contributed by atoms with Crippen LogP contribution in [-0.2, 0) is 16.9 Å². The Hall–Kier alpha value is -3.67. The fourth-order valence-electron chi connectivity index (χ4n) is 4.55. The standard InChI is InChI=1S/C31H29N3OS/c1-30(2,3)36(35)33-22-24-19-20-25-23-32-34(29(25)21-24)31(26-13-7-4-8-14-26,27-15-9-5-10-16-27)28-17-11-6-12-18-28/h4-23H,1-3H3. The molecule has 1 aromatic heterocycles. The maximum atomic E-state index is 12.5. The van der Waals surface area contributed by atoms with Gasteiger partial charge < -0.3 is 4.55 Å². The minimum atomic E-state index is -1.33. The van der Waals surface area contributed by atoms with Gasteiger partial charge in [-0.3, -0.25) is 0 Å². The van der Waals surface area contributed by atoms with Crippen LogP contribution in [0.3, 0.4) is 0 Å². The molecule has 1 atom stereocenters. The van der Waals surface area contributed by atoms with Gasteiger partial charge in [0.1, 0.15) is 21.6 Å². The van der Waals surface area contributed by atoms with E-state index in [0.29, 0.717) is 0 Å². The lowest BCUT2D eigenvalue weighted by atomic mass is 9.77. The second-order valence-corrected chi connectivity index (χ2v) is 11.7. The Morgan fingerprint density at radius 3 is 1.72 bits per heavy atom. The van der Waals surface area contributed by atoms with Crippen molar-refractivity contribution >= 4 is 28.5 Å². The molecule has 0 aliphatic carbocycles. The lowest BCUT2D eigenvalue weighted by molar-refractivity contribution is 0.476. The summed E-state index contributed by atoms with van der Waals surface area (Å²) >= 11 is -1.33. The van der Waals surface area contributed by atoms with Crippen molar-refractivity contribution in [3.05, 3.63) is 138 Å². The first-order valence-corrected chi connectivity index (χ1v) is 13.1. The van der Waals surface area contributed by atoms with E-state index in [2.05, 4.69) is 87.9 Å². The Kier molecular flexibility index (Phi) is 6.52. The average Bonchev–Trinajstić information content (AvgIpc) is 3.33. The number of fused-ring (bicyclic) bond motifs is 1. The van der Waals surface area contributed by atoms with Gasteiger partial charge in [-0.15, -0.1) is 0 Å². The number of hydrogen-bond donors (Lipinski definition) is 0. The van der Waals surface area contributed by atoms with E-state index in [1.165, 1.54) is 0 Å². The highest BCUT2D eigenvalue weighted by molar-refractivity contribution is 7.91. The minimum Gasteiger partial charge on any atom is -0.591 e. The Morgan fingerprint density at radius 2 is 1.25 bits per heavy atom. The fourth-order valence-corrected chi connectivity index (χ4v) is 5.09. The molecular formula is C31H29N3OS. The van der Waals surface area contributed by atoms with Crippen molar-refractivity contribution in [3.8, 4) is 0 Å². The predicted octanol–water partition coefficient (Wildman–Crippen LogP) is 6.76. The van der Waals surface area contributed by atoms with E-state index in [-0.39, 0.29) is 0 Å². The van der Waals surface area contributed by atoms with E-state index in [1.807, 2.05) is 57.3 Å². The molecule has 0 aliphatic heterocycles. The van der Waals surface area contributed by atoms with Gasteiger partial charge in [-0.2, -0.15) is 5.10 Å². The van der Waals surface area contributed by atoms with E-state index < -0.39 is 21.6 Å². The summed E-state index contributed by atoms with van der Waals surface area (Å²) in [6.07, 6.45) is 3.61. The number of nitrogens with zero attached hydrogens (tertiary/aromatic N) is 3. The van der Waals surface area contributed by atoms with Crippen LogP contribution in [0, 0.1) is 0 Å². The Bertz CT molecular complexity index is 1380. The maximum Gasteiger partial charge on any atom is 0.144 e. The normalized spacial score (nSPS) is 13.3. The first kappa shape index (κ1) is 24.0. The Morgan fingerprint density at radius 1 is 0.750 bits per heavy atom. The lowest BCUT2D eigenvalue weighted by Crippen LogP contribution is -2.38. The highest BCUT2D eigenvalue weighted by atomic mass is 32.2. The molecule has 5 rings (SSSR count). The van der Waals surface area contributed by atoms with Crippen LogP contribution in [0.1, 0.15) is 43.0 Å². The van der Waals surface area contributed by atoms with E-state index >= 15 is 0 Å². The predicted molar refractivity (Wildman–Crippen MR) is 150 cm³/mol. The van der Waals surface area contributed by atoms with Crippen molar-refractivity contribution < 1.29 is 4.55 Å². The quantitative estimate of drug-likeness (QED) is 0.150. The fraction of sp³-hybridized carbons (Fsp3) is 0.161. The summed E-state index contributed by atoms with van der Waals surface area (Å²) in [6, 6.07) is 37.6. The molecule has 0 spiro atoms. The van der Waals surface area contributed by atoms with Crippen LogP contribution in [0.4, 0.5) is 0 Å². The minimum absolute atomic E-state index is 0.411. The van der Waals surface area contributed by atoms with Crippen LogP contribution < -0.4 is 0 Å². The van der Waals surface area contributed by atoms with Gasteiger partial charge in [0, 0.05) is 5.39 Å². The number of benzene rings is 4. The average molecular weight is 492 g/mol. The summed E-state index contributed by atoms with van der Waals surface area (Å²) in [5.74, 6) is 0. The molecule has 1 heterocycles. The van der Waals surface area contributed by atoms with Crippen LogP contribution >= 0.6 is 0 Å². The third kappa shape index (κ3) is 4.36. The summed E-state index contributed by atoms with van der Waals surface area (Å²) < 4.78 is 18.6. The van der Waals surface area contributed by atoms with Gasteiger partial charge in [0.2, 0.25) is 0 Å². The molecule has 0 saturated heterocycles. The molecule has 0 saturated carbocycles. The maximum absolute atomic E-state index is 12.5. The van der Waals surface area contributed by atoms with E-state index in [4.69, 9.17) is 5.10 Å². The molecule has 5 aromatic rings. The van der Waals surface area contributed by atoms with Gasteiger partial charge in [-0.25, -0.2) is 4.68 Å². The molecule has 4 nitrogen and oxygen atoms in total. The number of rotatable bonds is 6. The molecule has 36 heavy (non-hydrogen) atoms. The number of hydrogen-bond acceptors (Lipinski definition) is 3. The topological polar surface area (TPSA) is 53.2 Å². The van der Waals surface area contributed by atoms with Gasteiger partial charge in [0.05, 0.1) is 17.9 Å². The smallest absolute Gasteiger partial charge is 0.144 e. The second kappa shape index (κ2) is 9.76. The lowest BCUT2D eigenvalue weighted by Gasteiger charge is -2.37. The third-order valence-corrected chi connectivity index (χ3v) is 7.65. The SMILES string of the molecule is CC(C)(C)[S+]([O-])N=Cc1ccc2cnn(C(c3ccccc3)(c3ccccc3)c3ccccc3)c2c1. The Balaban J connectivity index is 1.79. The van der Waals surface area contributed by atoms with Crippen LogP contribution in [0.5, 0.6) is 0 Å². The van der Waals surface area contributed by atoms with Crippen molar-refractivity contribution in [1.29, 1.82) is 0 Å². The summed E-state index contributed by atoms with van der Waals surface area (Å²) in [6.45, 7) is 5.77. The van der Waals surface area contributed by atoms with Crippen molar-refractivity contribution in [2.75, 3.05) is 0 Å². The first-order chi connectivity index (χ1) is 17.4. The van der Waals surface area contributed by atoms with Gasteiger partial charge in [-0.1, -0.05) is 108 Å². The van der Waals surface area contributed by atoms with Crippen molar-refractivity contribution in [3.63, 3.8) is 0 Å². The Labute approximate surface area is 215 Å². The molecule has 0 amide bonds. The second-order valence-electron chi connectivity index (χ2n) is 9.78. The van der Waals surface area contributed by atoms with Gasteiger partial charge in [-0.05, 0) is 49.1 Å². The first-order valence-electron chi connectivity index (χ1n) is 12.0. The van der Waals surface area contributed by atoms with Gasteiger partial charge >= 0.3 is 0 Å². The van der Waals surface area contributed by atoms with Crippen LogP contribution in [0.2, 0.25) is 0 Å². The zero-order chi connectivity index (χ0) is 25.2. The molecular weight excluding hydrogens is 462 g/mol. The summed E-state index contributed by atoms with van der Waals surface area (Å²) in [5, 5.41) is 6.01. The van der Waals surface area contributed by atoms with Crippen LogP contribution in [-0.4, -0.2) is 25.3 Å². The molecule has 0 aliphatic rings. The van der Waals surface area contributed by atoms with Crippen molar-refractivity contribution in [2.45, 2.75) is 31.1 Å². The van der Waals surface area contributed by atoms with Crippen molar-refractivity contribution in [1.82, 2.24) is 9.78 Å². The van der Waals surface area contributed by atoms with E-state index in [9.17, 15) is 4.55 Å². The molecule has 0 fully saturated rings. The molecule has 180 valence electrons. The zero-order valence-electron chi connectivity index (χ0n) is 20.7. The third-order valence-electron chi connectivity index (χ3n) is 6.31. The molecule has 0 radical (unpaired) electrons.